The van der Waals surface area contributed by atoms with Crippen LogP contribution >= 0.6 is 0 Å². The predicted octanol–water partition coefficient (Wildman–Crippen LogP) is 0.256. The number of aliphatic hydroxyl groups is 1. The van der Waals surface area contributed by atoms with Gasteiger partial charge in [-0.1, -0.05) is 13.8 Å². The molecule has 0 aromatic carbocycles. The number of hydrogen-bond donors (Lipinski definition) is 2. The molecule has 0 fully saturated rings. The minimum atomic E-state index is -0.321. The van der Waals surface area contributed by atoms with Crippen molar-refractivity contribution >= 4 is 0 Å². The Bertz CT molecular complexity index is 86.2. The molecule has 0 bridgehead atoms. The first-order valence-electron chi connectivity index (χ1n) is 4.35. The number of hydrogen-bond acceptors (Lipinski definition) is 3. The highest BCUT2D eigenvalue weighted by Gasteiger charge is 2.05. The molecule has 3 heteroatoms. The van der Waals surface area contributed by atoms with E-state index >= 15 is 0 Å². The molecule has 11 heavy (non-hydrogen) atoms. The molecule has 0 saturated carbocycles. The molecule has 1 unspecified atom stereocenters. The first-order chi connectivity index (χ1) is 5.22. The summed E-state index contributed by atoms with van der Waals surface area (Å²) in [4.78, 5) is 2.02. The number of aliphatic hydroxyl groups excluding tert-OH is 1. The molecular weight excluding hydrogens is 140 g/mol. The van der Waals surface area contributed by atoms with Gasteiger partial charge in [-0.15, -0.1) is 0 Å². The van der Waals surface area contributed by atoms with Crippen molar-refractivity contribution < 1.29 is 5.11 Å². The first kappa shape index (κ1) is 10.9. The van der Waals surface area contributed by atoms with Gasteiger partial charge in [0, 0.05) is 13.1 Å². The number of rotatable bonds is 6. The van der Waals surface area contributed by atoms with Crippen LogP contribution in [0.25, 0.3) is 0 Å². The van der Waals surface area contributed by atoms with Crippen LogP contribution in [0.5, 0.6) is 0 Å². The summed E-state index contributed by atoms with van der Waals surface area (Å²) in [6.07, 6.45) is -0.321. The molecule has 0 spiro atoms. The number of nitrogens with zero attached hydrogens (tertiary/aromatic N) is 1. The molecule has 0 rings (SSSR count). The van der Waals surface area contributed by atoms with Crippen molar-refractivity contribution in [2.24, 2.45) is 0 Å². The van der Waals surface area contributed by atoms with Gasteiger partial charge in [0.05, 0.1) is 0 Å². The molecule has 0 aromatic heterocycles. The lowest BCUT2D eigenvalue weighted by Crippen LogP contribution is -2.38. The Morgan fingerprint density at radius 2 is 2.09 bits per heavy atom. The second-order valence-corrected chi connectivity index (χ2v) is 2.61. The van der Waals surface area contributed by atoms with Crippen LogP contribution in [0, 0.1) is 0 Å². The minimum Gasteiger partial charge on any atom is -0.379 e. The summed E-state index contributed by atoms with van der Waals surface area (Å²) >= 11 is 0. The van der Waals surface area contributed by atoms with Crippen molar-refractivity contribution in [3.8, 4) is 0 Å². The lowest BCUT2D eigenvalue weighted by Gasteiger charge is -2.23. The Morgan fingerprint density at radius 3 is 2.45 bits per heavy atom. The molecule has 3 nitrogen and oxygen atoms in total. The molecule has 1 atom stereocenters. The van der Waals surface area contributed by atoms with E-state index in [-0.39, 0.29) is 6.23 Å². The molecule has 0 aliphatic heterocycles. The Kier molecular flexibility index (Phi) is 6.51. The summed E-state index contributed by atoms with van der Waals surface area (Å²) in [6.45, 7) is 9.71. The highest BCUT2D eigenvalue weighted by atomic mass is 16.3. The third-order valence-corrected chi connectivity index (χ3v) is 1.76. The third-order valence-electron chi connectivity index (χ3n) is 1.76. The zero-order valence-corrected chi connectivity index (χ0v) is 7.80. The van der Waals surface area contributed by atoms with Crippen LogP contribution in [-0.4, -0.2) is 42.4 Å². The van der Waals surface area contributed by atoms with Crippen LogP contribution < -0.4 is 5.32 Å². The van der Waals surface area contributed by atoms with Crippen LogP contribution in [0.3, 0.4) is 0 Å². The van der Waals surface area contributed by atoms with E-state index in [4.69, 9.17) is 0 Å². The van der Waals surface area contributed by atoms with E-state index in [0.717, 1.165) is 26.2 Å². The molecular formula is C8H20N2O. The molecule has 0 aliphatic rings. The maximum Gasteiger partial charge on any atom is 0.104 e. The van der Waals surface area contributed by atoms with Crippen molar-refractivity contribution in [2.45, 2.75) is 27.0 Å². The van der Waals surface area contributed by atoms with E-state index in [1.165, 1.54) is 0 Å². The Hall–Kier alpha value is -0.120. The molecule has 0 heterocycles. The second-order valence-electron chi connectivity index (χ2n) is 2.61. The maximum atomic E-state index is 9.21. The first-order valence-corrected chi connectivity index (χ1v) is 4.35. The van der Waals surface area contributed by atoms with Crippen LogP contribution in [0.4, 0.5) is 0 Å². The maximum absolute atomic E-state index is 9.21. The van der Waals surface area contributed by atoms with Crippen molar-refractivity contribution in [3.05, 3.63) is 0 Å². The summed E-state index contributed by atoms with van der Waals surface area (Å²) < 4.78 is 0. The second kappa shape index (κ2) is 6.58. The van der Waals surface area contributed by atoms with Gasteiger partial charge in [0.25, 0.3) is 0 Å². The van der Waals surface area contributed by atoms with E-state index in [1.54, 1.807) is 6.92 Å². The van der Waals surface area contributed by atoms with Gasteiger partial charge in [-0.3, -0.25) is 4.90 Å². The summed E-state index contributed by atoms with van der Waals surface area (Å²) in [5, 5.41) is 12.4. The quantitative estimate of drug-likeness (QED) is 0.432. The van der Waals surface area contributed by atoms with E-state index in [1.807, 2.05) is 4.90 Å². The summed E-state index contributed by atoms with van der Waals surface area (Å²) in [7, 11) is 0. The van der Waals surface area contributed by atoms with Gasteiger partial charge in [-0.2, -0.15) is 0 Å². The zero-order chi connectivity index (χ0) is 8.69. The normalized spacial score (nSPS) is 13.9. The van der Waals surface area contributed by atoms with E-state index in [9.17, 15) is 5.11 Å². The van der Waals surface area contributed by atoms with Crippen LogP contribution in [0.1, 0.15) is 20.8 Å². The summed E-state index contributed by atoms with van der Waals surface area (Å²) in [6, 6.07) is 0. The highest BCUT2D eigenvalue weighted by Crippen LogP contribution is 1.92. The summed E-state index contributed by atoms with van der Waals surface area (Å²) in [5.74, 6) is 0. The van der Waals surface area contributed by atoms with Crippen LogP contribution in [0.2, 0.25) is 0 Å². The highest BCUT2D eigenvalue weighted by molar-refractivity contribution is 4.57. The predicted molar refractivity (Wildman–Crippen MR) is 47.5 cm³/mol. The van der Waals surface area contributed by atoms with Gasteiger partial charge in [-0.25, -0.2) is 0 Å². The van der Waals surface area contributed by atoms with Gasteiger partial charge >= 0.3 is 0 Å². The van der Waals surface area contributed by atoms with Gasteiger partial charge in [0.15, 0.2) is 0 Å². The fourth-order valence-corrected chi connectivity index (χ4v) is 1.01. The standard InChI is InChI=1S/C8H20N2O/c1-4-9-6-7-10(5-2)8(3)11/h8-9,11H,4-7H2,1-3H3. The average molecular weight is 160 g/mol. The van der Waals surface area contributed by atoms with Gasteiger partial charge < -0.3 is 10.4 Å². The van der Waals surface area contributed by atoms with Crippen molar-refractivity contribution in [2.75, 3.05) is 26.2 Å². The zero-order valence-electron chi connectivity index (χ0n) is 7.80. The van der Waals surface area contributed by atoms with E-state index in [0.29, 0.717) is 0 Å². The van der Waals surface area contributed by atoms with Crippen molar-refractivity contribution in [1.82, 2.24) is 10.2 Å². The largest absolute Gasteiger partial charge is 0.379 e. The van der Waals surface area contributed by atoms with Gasteiger partial charge in [0.2, 0.25) is 0 Å². The Labute approximate surface area is 69.4 Å². The van der Waals surface area contributed by atoms with Gasteiger partial charge in [-0.05, 0) is 20.0 Å². The minimum absolute atomic E-state index is 0.321. The fraction of sp³-hybridized carbons (Fsp3) is 1.00. The van der Waals surface area contributed by atoms with Gasteiger partial charge in [0.1, 0.15) is 6.23 Å². The molecule has 0 aromatic rings. The van der Waals surface area contributed by atoms with E-state index < -0.39 is 0 Å². The van der Waals surface area contributed by atoms with Crippen molar-refractivity contribution in [3.63, 3.8) is 0 Å². The molecule has 0 amide bonds. The number of nitrogens with one attached hydrogen (secondary N) is 1. The number of likely N-dealkylation sites (N-methyl/N-ethyl adjacent to an activating group) is 2. The molecule has 68 valence electrons. The topological polar surface area (TPSA) is 35.5 Å². The SMILES string of the molecule is CCNCCN(CC)C(C)O. The van der Waals surface area contributed by atoms with Crippen LogP contribution in [0.15, 0.2) is 0 Å². The lowest BCUT2D eigenvalue weighted by molar-refractivity contribution is 0.0235. The smallest absolute Gasteiger partial charge is 0.104 e. The fourth-order valence-electron chi connectivity index (χ4n) is 1.01. The average Bonchev–Trinajstić information content (AvgIpc) is 1.97. The molecule has 2 N–H and O–H groups in total. The van der Waals surface area contributed by atoms with Crippen LogP contribution in [-0.2, 0) is 0 Å². The third kappa shape index (κ3) is 5.18. The van der Waals surface area contributed by atoms with Crippen molar-refractivity contribution in [1.29, 1.82) is 0 Å². The Balaban J connectivity index is 3.36. The monoisotopic (exact) mass is 160 g/mol. The molecule has 0 aliphatic carbocycles. The van der Waals surface area contributed by atoms with E-state index in [2.05, 4.69) is 19.2 Å². The molecule has 0 radical (unpaired) electrons. The Morgan fingerprint density at radius 1 is 1.45 bits per heavy atom. The molecule has 0 saturated heterocycles. The lowest BCUT2D eigenvalue weighted by atomic mass is 10.4. The summed E-state index contributed by atoms with van der Waals surface area (Å²) in [5.41, 5.74) is 0.